The second kappa shape index (κ2) is 5.37. The van der Waals surface area contributed by atoms with E-state index in [1.807, 2.05) is 0 Å². The molecule has 0 atom stereocenters. The Morgan fingerprint density at radius 2 is 1.88 bits per heavy atom. The van der Waals surface area contributed by atoms with Crippen LogP contribution in [0.15, 0.2) is 18.2 Å². The summed E-state index contributed by atoms with van der Waals surface area (Å²) in [6.07, 6.45) is 0. The largest absolute Gasteiger partial charge is 0.508 e. The van der Waals surface area contributed by atoms with Gasteiger partial charge in [0.15, 0.2) is 0 Å². The van der Waals surface area contributed by atoms with Crippen molar-refractivity contribution in [1.29, 1.82) is 0 Å². The maximum Gasteiger partial charge on any atom is 0.301 e. The first-order valence-electron chi connectivity index (χ1n) is 5.48. The van der Waals surface area contributed by atoms with Gasteiger partial charge in [0.05, 0.1) is 5.69 Å². The van der Waals surface area contributed by atoms with E-state index >= 15 is 0 Å². The Labute approximate surface area is 102 Å². The van der Waals surface area contributed by atoms with Crippen LogP contribution < -0.4 is 4.72 Å². The van der Waals surface area contributed by atoms with Crippen molar-refractivity contribution < 1.29 is 13.5 Å². The lowest BCUT2D eigenvalue weighted by Gasteiger charge is -2.19. The van der Waals surface area contributed by atoms with E-state index in [9.17, 15) is 13.5 Å². The minimum Gasteiger partial charge on any atom is -0.508 e. The summed E-state index contributed by atoms with van der Waals surface area (Å²) in [6, 6.07) is 4.68. The Morgan fingerprint density at radius 3 is 2.35 bits per heavy atom. The van der Waals surface area contributed by atoms with Crippen LogP contribution >= 0.6 is 0 Å². The van der Waals surface area contributed by atoms with Crippen LogP contribution in [0.25, 0.3) is 0 Å². The Balaban J connectivity index is 2.94. The van der Waals surface area contributed by atoms with Gasteiger partial charge in [-0.05, 0) is 18.6 Å². The number of rotatable bonds is 5. The third-order valence-electron chi connectivity index (χ3n) is 2.50. The zero-order chi connectivity index (χ0) is 13.1. The van der Waals surface area contributed by atoms with E-state index in [4.69, 9.17) is 0 Å². The molecular weight excluding hydrogens is 240 g/mol. The molecule has 0 aliphatic carbocycles. The van der Waals surface area contributed by atoms with Crippen LogP contribution in [0, 0.1) is 6.92 Å². The van der Waals surface area contributed by atoms with Crippen molar-refractivity contribution in [3.05, 3.63) is 23.8 Å². The Hall–Kier alpha value is -1.27. The van der Waals surface area contributed by atoms with Gasteiger partial charge < -0.3 is 5.11 Å². The van der Waals surface area contributed by atoms with Gasteiger partial charge in [-0.15, -0.1) is 0 Å². The van der Waals surface area contributed by atoms with Crippen LogP contribution in [-0.4, -0.2) is 30.9 Å². The van der Waals surface area contributed by atoms with Crippen molar-refractivity contribution >= 4 is 15.9 Å². The van der Waals surface area contributed by atoms with Gasteiger partial charge in [0.2, 0.25) is 0 Å². The lowest BCUT2D eigenvalue weighted by atomic mass is 10.2. The fraction of sp³-hybridized carbons (Fsp3) is 0.455. The predicted octanol–water partition coefficient (Wildman–Crippen LogP) is 1.70. The smallest absolute Gasteiger partial charge is 0.301 e. The van der Waals surface area contributed by atoms with Crippen molar-refractivity contribution in [1.82, 2.24) is 4.31 Å². The molecule has 1 aromatic rings. The molecule has 2 N–H and O–H groups in total. The van der Waals surface area contributed by atoms with Crippen molar-refractivity contribution in [3.8, 4) is 5.75 Å². The molecule has 0 fully saturated rings. The van der Waals surface area contributed by atoms with Crippen LogP contribution in [-0.2, 0) is 10.2 Å². The highest BCUT2D eigenvalue weighted by molar-refractivity contribution is 7.90. The number of aryl methyl sites for hydroxylation is 1. The van der Waals surface area contributed by atoms with Gasteiger partial charge in [0.25, 0.3) is 0 Å². The molecule has 0 aliphatic rings. The molecule has 0 spiro atoms. The van der Waals surface area contributed by atoms with E-state index in [2.05, 4.69) is 4.72 Å². The monoisotopic (exact) mass is 258 g/mol. The van der Waals surface area contributed by atoms with Crippen LogP contribution in [0.2, 0.25) is 0 Å². The van der Waals surface area contributed by atoms with Gasteiger partial charge in [-0.2, -0.15) is 12.7 Å². The van der Waals surface area contributed by atoms with Gasteiger partial charge in [-0.1, -0.05) is 19.9 Å². The summed E-state index contributed by atoms with van der Waals surface area (Å²) >= 11 is 0. The molecule has 5 nitrogen and oxygen atoms in total. The summed E-state index contributed by atoms with van der Waals surface area (Å²) in [6.45, 7) is 6.11. The molecule has 17 heavy (non-hydrogen) atoms. The highest BCUT2D eigenvalue weighted by Gasteiger charge is 2.18. The summed E-state index contributed by atoms with van der Waals surface area (Å²) < 4.78 is 27.5. The number of phenols is 1. The Bertz CT molecular complexity index is 481. The number of benzene rings is 1. The van der Waals surface area contributed by atoms with Gasteiger partial charge in [0.1, 0.15) is 5.75 Å². The zero-order valence-corrected chi connectivity index (χ0v) is 11.1. The molecule has 0 saturated heterocycles. The number of nitrogens with zero attached hydrogens (tertiary/aromatic N) is 1. The highest BCUT2D eigenvalue weighted by Crippen LogP contribution is 2.22. The van der Waals surface area contributed by atoms with Crippen LogP contribution in [0.3, 0.4) is 0 Å². The first kappa shape index (κ1) is 13.8. The molecule has 0 unspecified atom stereocenters. The van der Waals surface area contributed by atoms with Crippen molar-refractivity contribution in [2.45, 2.75) is 20.8 Å². The van der Waals surface area contributed by atoms with Crippen molar-refractivity contribution in [2.24, 2.45) is 0 Å². The highest BCUT2D eigenvalue weighted by atomic mass is 32.2. The quantitative estimate of drug-likeness (QED) is 0.844. The van der Waals surface area contributed by atoms with E-state index in [1.165, 1.54) is 10.4 Å². The number of anilines is 1. The fourth-order valence-electron chi connectivity index (χ4n) is 1.45. The molecule has 1 rings (SSSR count). The Kier molecular flexibility index (Phi) is 4.36. The first-order valence-corrected chi connectivity index (χ1v) is 6.92. The summed E-state index contributed by atoms with van der Waals surface area (Å²) in [5.41, 5.74) is 1.07. The molecular formula is C11H18N2O3S. The lowest BCUT2D eigenvalue weighted by molar-refractivity contribution is 0.449. The van der Waals surface area contributed by atoms with E-state index in [0.717, 1.165) is 0 Å². The number of aromatic hydroxyl groups is 1. The van der Waals surface area contributed by atoms with E-state index in [-0.39, 0.29) is 5.75 Å². The molecule has 0 saturated carbocycles. The van der Waals surface area contributed by atoms with Gasteiger partial charge in [0, 0.05) is 19.2 Å². The van der Waals surface area contributed by atoms with E-state index in [1.54, 1.807) is 32.9 Å². The second-order valence-electron chi connectivity index (χ2n) is 3.69. The molecule has 0 radical (unpaired) electrons. The van der Waals surface area contributed by atoms with Gasteiger partial charge in [-0.3, -0.25) is 4.72 Å². The molecule has 0 aromatic heterocycles. The van der Waals surface area contributed by atoms with Crippen LogP contribution in [0.5, 0.6) is 5.75 Å². The minimum absolute atomic E-state index is 0.0738. The maximum atomic E-state index is 11.9. The average molecular weight is 258 g/mol. The first-order chi connectivity index (χ1) is 7.90. The molecule has 1 aromatic carbocycles. The van der Waals surface area contributed by atoms with E-state index < -0.39 is 10.2 Å². The Morgan fingerprint density at radius 1 is 1.29 bits per heavy atom. The van der Waals surface area contributed by atoms with Crippen molar-refractivity contribution in [3.63, 3.8) is 0 Å². The average Bonchev–Trinajstić information content (AvgIpc) is 2.24. The molecule has 0 amide bonds. The lowest BCUT2D eigenvalue weighted by Crippen LogP contribution is -2.35. The summed E-state index contributed by atoms with van der Waals surface area (Å²) in [7, 11) is -3.53. The van der Waals surface area contributed by atoms with Gasteiger partial charge in [-0.25, -0.2) is 0 Å². The molecule has 0 heterocycles. The van der Waals surface area contributed by atoms with Crippen LogP contribution in [0.4, 0.5) is 5.69 Å². The maximum absolute atomic E-state index is 11.9. The van der Waals surface area contributed by atoms with Crippen LogP contribution in [0.1, 0.15) is 19.4 Å². The third kappa shape index (κ3) is 3.34. The summed E-state index contributed by atoms with van der Waals surface area (Å²) in [5, 5.41) is 9.50. The number of hydrogen-bond donors (Lipinski definition) is 2. The normalized spacial score (nSPS) is 11.8. The topological polar surface area (TPSA) is 69.6 Å². The fourth-order valence-corrected chi connectivity index (χ4v) is 2.68. The van der Waals surface area contributed by atoms with Crippen molar-refractivity contribution in [2.75, 3.05) is 17.8 Å². The third-order valence-corrected chi connectivity index (χ3v) is 4.19. The number of phenolic OH excluding ortho intramolecular Hbond substituents is 1. The van der Waals surface area contributed by atoms with Gasteiger partial charge >= 0.3 is 10.2 Å². The number of nitrogens with one attached hydrogen (secondary N) is 1. The molecule has 96 valence electrons. The molecule has 0 aliphatic heterocycles. The second-order valence-corrected chi connectivity index (χ2v) is 5.36. The molecule has 6 heteroatoms. The molecule has 0 bridgehead atoms. The minimum atomic E-state index is -3.53. The van der Waals surface area contributed by atoms with E-state index in [0.29, 0.717) is 24.3 Å². The predicted molar refractivity (Wildman–Crippen MR) is 68.3 cm³/mol. The zero-order valence-electron chi connectivity index (χ0n) is 10.3. The summed E-state index contributed by atoms with van der Waals surface area (Å²) in [5.74, 6) is 0.0738. The summed E-state index contributed by atoms with van der Waals surface area (Å²) in [4.78, 5) is 0. The SMILES string of the molecule is CCN(CC)S(=O)(=O)Nc1ccc(C)c(O)c1. The standard InChI is InChI=1S/C11H18N2O3S/c1-4-13(5-2)17(15,16)12-10-7-6-9(3)11(14)8-10/h6-8,12,14H,4-5H2,1-3H3. The number of hydrogen-bond acceptors (Lipinski definition) is 3.